The van der Waals surface area contributed by atoms with E-state index < -0.39 is 26.9 Å². The molecule has 1 heterocycles. The summed E-state index contributed by atoms with van der Waals surface area (Å²) in [6, 6.07) is 0.625. The van der Waals surface area contributed by atoms with Gasteiger partial charge in [-0.25, -0.2) is 22.4 Å². The van der Waals surface area contributed by atoms with E-state index in [4.69, 9.17) is 4.18 Å². The molecule has 0 bridgehead atoms. The molecule has 0 saturated heterocycles. The number of hydrogen-bond donors (Lipinski definition) is 3. The zero-order valence-corrected chi connectivity index (χ0v) is 12.6. The van der Waals surface area contributed by atoms with Crippen LogP contribution in [-0.2, 0) is 20.9 Å². The van der Waals surface area contributed by atoms with Crippen molar-refractivity contribution in [3.63, 3.8) is 0 Å². The fourth-order valence-electron chi connectivity index (χ4n) is 1.09. The maximum absolute atomic E-state index is 11.4. The zero-order chi connectivity index (χ0) is 15.3. The van der Waals surface area contributed by atoms with Gasteiger partial charge in [0.2, 0.25) is 11.1 Å². The Balaban J connectivity index is 3.10. The second kappa shape index (κ2) is 6.52. The summed E-state index contributed by atoms with van der Waals surface area (Å²) in [5, 5.41) is 2.29. The molecule has 1 aromatic rings. The molecule has 112 valence electrons. The summed E-state index contributed by atoms with van der Waals surface area (Å²) in [4.78, 5) is 14.8. The summed E-state index contributed by atoms with van der Waals surface area (Å²) in [5.41, 5.74) is 4.65. The van der Waals surface area contributed by atoms with Gasteiger partial charge in [-0.1, -0.05) is 0 Å². The van der Waals surface area contributed by atoms with E-state index in [-0.39, 0.29) is 16.5 Å². The van der Waals surface area contributed by atoms with Crippen LogP contribution < -0.4 is 20.4 Å². The smallest absolute Gasteiger partial charge is 0.333 e. The van der Waals surface area contributed by atoms with Crippen molar-refractivity contribution >= 4 is 32.8 Å². The number of anilines is 1. The van der Waals surface area contributed by atoms with E-state index in [0.29, 0.717) is 0 Å². The van der Waals surface area contributed by atoms with E-state index in [1.807, 2.05) is 0 Å². The van der Waals surface area contributed by atoms with Crippen molar-refractivity contribution in [2.24, 2.45) is 0 Å². The molecule has 0 radical (unpaired) electrons. The second-order valence-electron chi connectivity index (χ2n) is 3.60. The number of nitrogens with zero attached hydrogens (tertiary/aromatic N) is 1. The molecule has 1 atom stereocenters. The van der Waals surface area contributed by atoms with Crippen molar-refractivity contribution in [1.29, 1.82) is 0 Å². The lowest BCUT2D eigenvalue weighted by molar-refractivity contribution is 0.244. The van der Waals surface area contributed by atoms with E-state index in [1.165, 1.54) is 13.3 Å². The van der Waals surface area contributed by atoms with Crippen LogP contribution >= 0.6 is 0 Å². The first-order chi connectivity index (χ1) is 9.24. The molecule has 0 saturated carbocycles. The first-order valence-corrected chi connectivity index (χ1v) is 8.57. The number of aromatic nitrogens is 1. The van der Waals surface area contributed by atoms with Gasteiger partial charge in [0.25, 0.3) is 0 Å². The number of amides is 2. The third-order valence-electron chi connectivity index (χ3n) is 1.98. The summed E-state index contributed by atoms with van der Waals surface area (Å²) in [5.74, 6) is -0.0404. The fourth-order valence-corrected chi connectivity index (χ4v) is 2.04. The number of nitrogens with one attached hydrogen (secondary N) is 3. The molecule has 0 aromatic carbocycles. The first kappa shape index (κ1) is 16.2. The van der Waals surface area contributed by atoms with Gasteiger partial charge in [-0.05, 0) is 0 Å². The van der Waals surface area contributed by atoms with Gasteiger partial charge >= 0.3 is 6.03 Å². The van der Waals surface area contributed by atoms with Crippen LogP contribution in [0.15, 0.2) is 17.2 Å². The number of hydrogen-bond acceptors (Lipinski definition) is 7. The number of pyridine rings is 1. The largest absolute Gasteiger partial charge is 0.397 e. The van der Waals surface area contributed by atoms with Crippen LogP contribution in [0.2, 0.25) is 0 Å². The highest BCUT2D eigenvalue weighted by atomic mass is 32.2. The monoisotopic (exact) mass is 322 g/mol. The fraction of sp³-hybridized carbons (Fsp3) is 0.333. The van der Waals surface area contributed by atoms with Crippen molar-refractivity contribution in [3.8, 4) is 5.75 Å². The highest BCUT2D eigenvalue weighted by Crippen LogP contribution is 2.25. The Morgan fingerprint density at radius 1 is 1.45 bits per heavy atom. The Kier molecular flexibility index (Phi) is 5.27. The third kappa shape index (κ3) is 4.66. The summed E-state index contributed by atoms with van der Waals surface area (Å²) in [6.45, 7) is 0. The Morgan fingerprint density at radius 2 is 2.10 bits per heavy atom. The van der Waals surface area contributed by atoms with Gasteiger partial charge in [0.15, 0.2) is 21.4 Å². The average molecular weight is 322 g/mol. The van der Waals surface area contributed by atoms with Gasteiger partial charge in [0.05, 0.1) is 4.90 Å². The minimum absolute atomic E-state index is 0.0243. The Morgan fingerprint density at radius 3 is 2.60 bits per heavy atom. The maximum Gasteiger partial charge on any atom is 0.333 e. The number of sulfone groups is 1. The van der Waals surface area contributed by atoms with E-state index >= 15 is 0 Å². The molecule has 2 amide bonds. The minimum atomic E-state index is -3.48. The van der Waals surface area contributed by atoms with E-state index in [9.17, 15) is 17.4 Å². The van der Waals surface area contributed by atoms with Crippen LogP contribution in [-0.4, -0.2) is 43.2 Å². The molecule has 0 aliphatic heterocycles. The molecule has 0 fully saturated rings. The van der Waals surface area contributed by atoms with Crippen LogP contribution in [0.4, 0.5) is 10.6 Å². The van der Waals surface area contributed by atoms with Crippen molar-refractivity contribution in [2.45, 2.75) is 4.90 Å². The van der Waals surface area contributed by atoms with Gasteiger partial charge in [-0.15, -0.1) is 0 Å². The van der Waals surface area contributed by atoms with Crippen molar-refractivity contribution < 1.29 is 21.6 Å². The van der Waals surface area contributed by atoms with E-state index in [2.05, 4.69) is 21.2 Å². The highest BCUT2D eigenvalue weighted by Gasteiger charge is 2.15. The zero-order valence-electron chi connectivity index (χ0n) is 11.0. The van der Waals surface area contributed by atoms with E-state index in [0.717, 1.165) is 18.5 Å². The normalized spacial score (nSPS) is 12.3. The molecule has 1 rings (SSSR count). The number of carbonyl (C=O) groups excluding carboxylic acids is 1. The quantitative estimate of drug-likeness (QED) is 0.619. The van der Waals surface area contributed by atoms with Crippen LogP contribution in [0, 0.1) is 0 Å². The number of rotatable bonds is 5. The third-order valence-corrected chi connectivity index (χ3v) is 3.48. The molecule has 0 aliphatic carbocycles. The van der Waals surface area contributed by atoms with Gasteiger partial charge < -0.3 is 9.50 Å². The molecular formula is C9H14N4O5S2. The predicted molar refractivity (Wildman–Crippen MR) is 73.3 cm³/mol. The van der Waals surface area contributed by atoms with Gasteiger partial charge in [-0.3, -0.25) is 10.9 Å². The van der Waals surface area contributed by atoms with Crippen molar-refractivity contribution in [2.75, 3.05) is 25.0 Å². The maximum atomic E-state index is 11.4. The van der Waals surface area contributed by atoms with Crippen molar-refractivity contribution in [3.05, 3.63) is 12.3 Å². The molecule has 11 heteroatoms. The number of carbonyl (C=O) groups is 1. The SMILES string of the molecule is CNC(=O)NNc1ncc(S(C)(=O)=O)cc1OS(C)=O. The summed E-state index contributed by atoms with van der Waals surface area (Å²) in [7, 11) is -2.07. The number of urea groups is 1. The molecule has 0 spiro atoms. The lowest BCUT2D eigenvalue weighted by Gasteiger charge is -2.12. The summed E-state index contributed by atoms with van der Waals surface area (Å²) < 4.78 is 38.9. The van der Waals surface area contributed by atoms with Gasteiger partial charge in [0.1, 0.15) is 0 Å². The topological polar surface area (TPSA) is 126 Å². The molecule has 9 nitrogen and oxygen atoms in total. The molecule has 20 heavy (non-hydrogen) atoms. The summed E-state index contributed by atoms with van der Waals surface area (Å²) >= 11 is -1.68. The molecular weight excluding hydrogens is 308 g/mol. The minimum Gasteiger partial charge on any atom is -0.397 e. The lowest BCUT2D eigenvalue weighted by Crippen LogP contribution is -2.37. The van der Waals surface area contributed by atoms with Gasteiger partial charge in [0, 0.05) is 31.8 Å². The van der Waals surface area contributed by atoms with Crippen LogP contribution in [0.25, 0.3) is 0 Å². The Hall–Kier alpha value is -1.88. The first-order valence-electron chi connectivity index (χ1n) is 5.19. The second-order valence-corrected chi connectivity index (χ2v) is 6.59. The van der Waals surface area contributed by atoms with Crippen LogP contribution in [0.1, 0.15) is 0 Å². The molecule has 1 aromatic heterocycles. The van der Waals surface area contributed by atoms with Crippen LogP contribution in [0.5, 0.6) is 5.75 Å². The standard InChI is InChI=1S/C9H14N4O5S2/c1-10-9(14)13-12-8-7(18-19(2)15)4-6(5-11-8)20(3,16)17/h4-5H,1-3H3,(H,11,12)(H2,10,13,14). The van der Waals surface area contributed by atoms with E-state index in [1.54, 1.807) is 0 Å². The molecule has 0 aliphatic rings. The highest BCUT2D eigenvalue weighted by molar-refractivity contribution is 7.90. The van der Waals surface area contributed by atoms with Gasteiger partial charge in [-0.2, -0.15) is 0 Å². The van der Waals surface area contributed by atoms with Crippen LogP contribution in [0.3, 0.4) is 0 Å². The summed E-state index contributed by atoms with van der Waals surface area (Å²) in [6.07, 6.45) is 3.37. The average Bonchev–Trinajstić information content (AvgIpc) is 2.34. The van der Waals surface area contributed by atoms with Crippen molar-refractivity contribution in [1.82, 2.24) is 15.7 Å². The molecule has 1 unspecified atom stereocenters. The Labute approximate surface area is 118 Å². The lowest BCUT2D eigenvalue weighted by atomic mass is 10.4. The Bertz CT molecular complexity index is 631. The predicted octanol–water partition coefficient (Wildman–Crippen LogP) is -0.587. The number of hydrazine groups is 1. The molecule has 3 N–H and O–H groups in total.